The summed E-state index contributed by atoms with van der Waals surface area (Å²) < 4.78 is 0. The van der Waals surface area contributed by atoms with E-state index in [-0.39, 0.29) is 34.3 Å². The molecule has 0 radical (unpaired) electrons. The van der Waals surface area contributed by atoms with Crippen molar-refractivity contribution in [1.29, 1.82) is 0 Å². The highest BCUT2D eigenvalue weighted by molar-refractivity contribution is 6.08. The Bertz CT molecular complexity index is 1110. The van der Waals surface area contributed by atoms with Crippen molar-refractivity contribution in [2.75, 3.05) is 24.5 Å². The Morgan fingerprint density at radius 3 is 2.03 bits per heavy atom. The number of anilines is 2. The average molecular weight is 417 g/mol. The molecule has 0 aliphatic heterocycles. The lowest BCUT2D eigenvalue weighted by molar-refractivity contribution is 0.0822. The zero-order valence-electron chi connectivity index (χ0n) is 17.5. The molecular formula is C24H23N3O4. The number of nitrogens with one attached hydrogen (secondary N) is 1. The predicted octanol–water partition coefficient (Wildman–Crippen LogP) is 3.99. The van der Waals surface area contributed by atoms with Gasteiger partial charge in [0.1, 0.15) is 0 Å². The third kappa shape index (κ3) is 5.15. The summed E-state index contributed by atoms with van der Waals surface area (Å²) in [5.74, 6) is -1.38. The Labute approximate surface area is 180 Å². The Hall–Kier alpha value is -3.97. The number of rotatable bonds is 5. The SMILES string of the molecule is Cc1ccc(C(=O)Nc2cc(C(=O)N(C)C)cc(N(O)C(=O)c3ccccc3)c2)cc1. The van der Waals surface area contributed by atoms with Gasteiger partial charge in [0.05, 0.1) is 5.69 Å². The first-order valence-electron chi connectivity index (χ1n) is 9.59. The molecule has 0 atom stereocenters. The van der Waals surface area contributed by atoms with E-state index < -0.39 is 5.91 Å². The molecule has 3 aromatic rings. The fourth-order valence-electron chi connectivity index (χ4n) is 2.92. The number of aryl methyl sites for hydroxylation is 1. The second-order valence-electron chi connectivity index (χ2n) is 7.27. The van der Waals surface area contributed by atoms with Crippen LogP contribution < -0.4 is 10.4 Å². The normalized spacial score (nSPS) is 10.3. The lowest BCUT2D eigenvalue weighted by Crippen LogP contribution is -2.28. The monoisotopic (exact) mass is 417 g/mol. The van der Waals surface area contributed by atoms with Crippen LogP contribution in [0.2, 0.25) is 0 Å². The summed E-state index contributed by atoms with van der Waals surface area (Å²) in [6.45, 7) is 1.92. The lowest BCUT2D eigenvalue weighted by Gasteiger charge is -2.19. The summed E-state index contributed by atoms with van der Waals surface area (Å²) in [7, 11) is 3.18. The quantitative estimate of drug-likeness (QED) is 0.485. The van der Waals surface area contributed by atoms with Gasteiger partial charge in [0.15, 0.2) is 0 Å². The Morgan fingerprint density at radius 2 is 1.42 bits per heavy atom. The number of carbonyl (C=O) groups is 3. The molecule has 0 heterocycles. The Morgan fingerprint density at radius 1 is 0.774 bits per heavy atom. The van der Waals surface area contributed by atoms with Gasteiger partial charge in [-0.15, -0.1) is 0 Å². The summed E-state index contributed by atoms with van der Waals surface area (Å²) in [5.41, 5.74) is 2.28. The van der Waals surface area contributed by atoms with Crippen LogP contribution in [0.25, 0.3) is 0 Å². The first kappa shape index (κ1) is 21.7. The molecule has 0 fully saturated rings. The molecule has 2 N–H and O–H groups in total. The topological polar surface area (TPSA) is 90.0 Å². The highest BCUT2D eigenvalue weighted by atomic mass is 16.5. The van der Waals surface area contributed by atoms with Gasteiger partial charge < -0.3 is 10.2 Å². The van der Waals surface area contributed by atoms with Gasteiger partial charge in [-0.1, -0.05) is 35.9 Å². The molecule has 0 saturated heterocycles. The van der Waals surface area contributed by atoms with E-state index in [1.54, 1.807) is 56.6 Å². The lowest BCUT2D eigenvalue weighted by atomic mass is 10.1. The standard InChI is InChI=1S/C24H23N3O4/c1-16-9-11-17(12-10-16)22(28)25-20-13-19(23(29)26(2)3)14-21(15-20)27(31)24(30)18-7-5-4-6-8-18/h4-15,31H,1-3H3,(H,25,28). The smallest absolute Gasteiger partial charge is 0.281 e. The maximum atomic E-state index is 12.6. The molecule has 3 rings (SSSR count). The van der Waals surface area contributed by atoms with E-state index in [0.717, 1.165) is 5.56 Å². The van der Waals surface area contributed by atoms with Crippen molar-refractivity contribution in [2.24, 2.45) is 0 Å². The van der Waals surface area contributed by atoms with E-state index in [2.05, 4.69) is 5.32 Å². The minimum absolute atomic E-state index is 0.0563. The largest absolute Gasteiger partial charge is 0.345 e. The van der Waals surface area contributed by atoms with Crippen LogP contribution in [0.5, 0.6) is 0 Å². The molecule has 0 aliphatic carbocycles. The number of carbonyl (C=O) groups excluding carboxylic acids is 3. The molecule has 0 bridgehead atoms. The van der Waals surface area contributed by atoms with Gasteiger partial charge in [-0.05, 0) is 49.4 Å². The van der Waals surface area contributed by atoms with Gasteiger partial charge in [0.25, 0.3) is 17.7 Å². The number of hydroxylamine groups is 1. The zero-order valence-corrected chi connectivity index (χ0v) is 17.5. The Kier molecular flexibility index (Phi) is 6.47. The second-order valence-corrected chi connectivity index (χ2v) is 7.27. The second kappa shape index (κ2) is 9.23. The van der Waals surface area contributed by atoms with E-state index in [9.17, 15) is 19.6 Å². The number of nitrogens with zero attached hydrogens (tertiary/aromatic N) is 2. The van der Waals surface area contributed by atoms with Gasteiger partial charge in [-0.25, -0.2) is 0 Å². The molecule has 0 aromatic heterocycles. The minimum Gasteiger partial charge on any atom is -0.345 e. The number of benzene rings is 3. The summed E-state index contributed by atoms with van der Waals surface area (Å²) >= 11 is 0. The van der Waals surface area contributed by atoms with Gasteiger partial charge in [-0.3, -0.25) is 19.6 Å². The first-order valence-corrected chi connectivity index (χ1v) is 9.59. The van der Waals surface area contributed by atoms with Crippen LogP contribution in [0.3, 0.4) is 0 Å². The van der Waals surface area contributed by atoms with E-state index in [1.807, 2.05) is 19.1 Å². The molecule has 3 amide bonds. The molecule has 0 unspecified atom stereocenters. The molecule has 158 valence electrons. The number of amides is 3. The highest BCUT2D eigenvalue weighted by Crippen LogP contribution is 2.24. The van der Waals surface area contributed by atoms with Crippen LogP contribution in [-0.4, -0.2) is 41.9 Å². The minimum atomic E-state index is -0.661. The maximum Gasteiger partial charge on any atom is 0.281 e. The average Bonchev–Trinajstić information content (AvgIpc) is 2.78. The predicted molar refractivity (Wildman–Crippen MR) is 119 cm³/mol. The van der Waals surface area contributed by atoms with Gasteiger partial charge in [0, 0.05) is 36.5 Å². The van der Waals surface area contributed by atoms with Crippen LogP contribution in [0, 0.1) is 6.92 Å². The number of hydrogen-bond donors (Lipinski definition) is 2. The third-order valence-corrected chi connectivity index (χ3v) is 4.60. The molecular weight excluding hydrogens is 394 g/mol. The highest BCUT2D eigenvalue weighted by Gasteiger charge is 2.20. The van der Waals surface area contributed by atoms with Crippen LogP contribution in [0.15, 0.2) is 72.8 Å². The van der Waals surface area contributed by atoms with Crippen molar-refractivity contribution in [2.45, 2.75) is 6.92 Å². The molecule has 0 spiro atoms. The van der Waals surface area contributed by atoms with E-state index >= 15 is 0 Å². The molecule has 3 aromatic carbocycles. The fourth-order valence-corrected chi connectivity index (χ4v) is 2.92. The summed E-state index contributed by atoms with van der Waals surface area (Å²) in [6.07, 6.45) is 0. The molecule has 0 saturated carbocycles. The fraction of sp³-hybridized carbons (Fsp3) is 0.125. The van der Waals surface area contributed by atoms with Gasteiger partial charge in [-0.2, -0.15) is 5.06 Å². The van der Waals surface area contributed by atoms with Crippen molar-refractivity contribution < 1.29 is 19.6 Å². The van der Waals surface area contributed by atoms with Gasteiger partial charge >= 0.3 is 0 Å². The summed E-state index contributed by atoms with van der Waals surface area (Å²) in [5, 5.41) is 13.7. The Balaban J connectivity index is 1.96. The first-order chi connectivity index (χ1) is 14.8. The van der Waals surface area contributed by atoms with Crippen molar-refractivity contribution in [3.63, 3.8) is 0 Å². The van der Waals surface area contributed by atoms with E-state index in [1.165, 1.54) is 23.1 Å². The summed E-state index contributed by atoms with van der Waals surface area (Å²) in [6, 6.07) is 19.6. The summed E-state index contributed by atoms with van der Waals surface area (Å²) in [4.78, 5) is 39.2. The zero-order chi connectivity index (χ0) is 22.5. The van der Waals surface area contributed by atoms with Crippen molar-refractivity contribution >= 4 is 29.1 Å². The van der Waals surface area contributed by atoms with E-state index in [0.29, 0.717) is 10.6 Å². The van der Waals surface area contributed by atoms with Crippen LogP contribution in [0.4, 0.5) is 11.4 Å². The van der Waals surface area contributed by atoms with Crippen molar-refractivity contribution in [1.82, 2.24) is 4.90 Å². The molecule has 0 aliphatic rings. The van der Waals surface area contributed by atoms with E-state index in [4.69, 9.17) is 0 Å². The van der Waals surface area contributed by atoms with Crippen LogP contribution >= 0.6 is 0 Å². The van der Waals surface area contributed by atoms with Gasteiger partial charge in [0.2, 0.25) is 0 Å². The van der Waals surface area contributed by atoms with Crippen LogP contribution in [0.1, 0.15) is 36.6 Å². The van der Waals surface area contributed by atoms with Crippen molar-refractivity contribution in [3.8, 4) is 0 Å². The molecule has 7 nitrogen and oxygen atoms in total. The van der Waals surface area contributed by atoms with Crippen LogP contribution in [-0.2, 0) is 0 Å². The third-order valence-electron chi connectivity index (χ3n) is 4.60. The molecule has 7 heteroatoms. The van der Waals surface area contributed by atoms with Crippen molar-refractivity contribution in [3.05, 3.63) is 95.1 Å². The molecule has 31 heavy (non-hydrogen) atoms. The number of hydrogen-bond acceptors (Lipinski definition) is 4. The maximum absolute atomic E-state index is 12.6.